The van der Waals surface area contributed by atoms with E-state index in [1.54, 1.807) is 47.0 Å². The van der Waals surface area contributed by atoms with Crippen LogP contribution in [0.5, 0.6) is 11.5 Å². The quantitative estimate of drug-likeness (QED) is 0.250. The molecule has 0 saturated carbocycles. The van der Waals surface area contributed by atoms with Gasteiger partial charge in [0.25, 0.3) is 5.69 Å². The molecule has 12 heteroatoms. The molecule has 0 aliphatic carbocycles. The molecule has 4 aromatic rings. The summed E-state index contributed by atoms with van der Waals surface area (Å²) in [5, 5.41) is 19.8. The molecular weight excluding hydrogens is 485 g/mol. The van der Waals surface area contributed by atoms with Crippen LogP contribution >= 0.6 is 11.8 Å². The molecular formula is C23H15F3N4O4S. The van der Waals surface area contributed by atoms with Crippen LogP contribution in [0.1, 0.15) is 17.5 Å². The highest BCUT2D eigenvalue weighted by atomic mass is 32.2. The molecule has 0 amide bonds. The van der Waals surface area contributed by atoms with Gasteiger partial charge in [0, 0.05) is 16.6 Å². The smallest absolute Gasteiger partial charge is 0.423 e. The number of ether oxygens (including phenoxy) is 2. The maximum absolute atomic E-state index is 13.5. The van der Waals surface area contributed by atoms with E-state index in [0.717, 1.165) is 23.9 Å². The van der Waals surface area contributed by atoms with Gasteiger partial charge in [-0.1, -0.05) is 30.3 Å². The molecule has 35 heavy (non-hydrogen) atoms. The van der Waals surface area contributed by atoms with Crippen molar-refractivity contribution >= 4 is 17.4 Å². The summed E-state index contributed by atoms with van der Waals surface area (Å²) in [6.07, 6.45) is -5.52. The fraction of sp³-hybridized carbons (Fsp3) is 0.130. The van der Waals surface area contributed by atoms with Crippen LogP contribution in [0.15, 0.2) is 82.8 Å². The van der Waals surface area contributed by atoms with Gasteiger partial charge in [0.1, 0.15) is 12.2 Å². The number of nitro groups is 1. The summed E-state index contributed by atoms with van der Waals surface area (Å²) < 4.78 is 53.9. The van der Waals surface area contributed by atoms with Crippen molar-refractivity contribution in [3.63, 3.8) is 0 Å². The number of hydrogen-bond donors (Lipinski definition) is 0. The second kappa shape index (κ2) is 8.95. The van der Waals surface area contributed by atoms with Crippen molar-refractivity contribution in [1.29, 1.82) is 0 Å². The Kier molecular flexibility index (Phi) is 5.81. The Balaban J connectivity index is 1.55. The number of alkyl halides is 3. The Labute approximate surface area is 200 Å². The van der Waals surface area contributed by atoms with Gasteiger partial charge < -0.3 is 9.47 Å². The largest absolute Gasteiger partial charge is 0.485 e. The van der Waals surface area contributed by atoms with Gasteiger partial charge >= 0.3 is 6.18 Å². The van der Waals surface area contributed by atoms with Crippen LogP contribution in [0.3, 0.4) is 0 Å². The first-order valence-corrected chi connectivity index (χ1v) is 11.1. The monoisotopic (exact) mass is 500 g/mol. The van der Waals surface area contributed by atoms with Crippen LogP contribution in [0.25, 0.3) is 5.69 Å². The molecule has 8 nitrogen and oxygen atoms in total. The molecule has 1 aliphatic heterocycles. The molecule has 0 N–H and O–H groups in total. The van der Waals surface area contributed by atoms with Gasteiger partial charge in [0.15, 0.2) is 23.4 Å². The Morgan fingerprint density at radius 2 is 1.71 bits per heavy atom. The summed E-state index contributed by atoms with van der Waals surface area (Å²) in [4.78, 5) is 10.2. The molecule has 2 heterocycles. The van der Waals surface area contributed by atoms with Crippen LogP contribution in [0.2, 0.25) is 0 Å². The maximum Gasteiger partial charge on any atom is 0.423 e. The first-order chi connectivity index (χ1) is 16.8. The standard InChI is InChI=1S/C23H15F3N4O4S/c24-23(25,26)16-12-15(10-11-17(16)30(31)32)35-22-28-27-21(29(22)14-6-2-1-3-7-14)20-13-33-18-8-4-5-9-19(18)34-20/h1-12,20H,13H2/t20-/m1/s1. The second-order valence-corrected chi connectivity index (χ2v) is 8.45. The van der Waals surface area contributed by atoms with Crippen molar-refractivity contribution in [3.05, 3.63) is 94.3 Å². The molecule has 0 fully saturated rings. The van der Waals surface area contributed by atoms with Crippen molar-refractivity contribution < 1.29 is 27.6 Å². The highest BCUT2D eigenvalue weighted by molar-refractivity contribution is 7.99. The normalized spacial score (nSPS) is 15.1. The number of nitro benzene ring substituents is 1. The summed E-state index contributed by atoms with van der Waals surface area (Å²) in [5.74, 6) is 1.52. The SMILES string of the molecule is O=[N+]([O-])c1ccc(Sc2nnc([C@H]3COc4ccccc4O3)n2-c2ccccc2)cc1C(F)(F)F. The summed E-state index contributed by atoms with van der Waals surface area (Å²) in [6.45, 7) is 0.155. The van der Waals surface area contributed by atoms with Crippen molar-refractivity contribution in [1.82, 2.24) is 14.8 Å². The lowest BCUT2D eigenvalue weighted by Gasteiger charge is -2.26. The summed E-state index contributed by atoms with van der Waals surface area (Å²) in [7, 11) is 0. The van der Waals surface area contributed by atoms with Crippen molar-refractivity contribution in [3.8, 4) is 17.2 Å². The van der Waals surface area contributed by atoms with Crippen LogP contribution in [-0.2, 0) is 6.18 Å². The van der Waals surface area contributed by atoms with Crippen molar-refractivity contribution in [2.24, 2.45) is 0 Å². The third-order valence-corrected chi connectivity index (χ3v) is 6.09. The summed E-state index contributed by atoms with van der Waals surface area (Å²) in [5.41, 5.74) is -1.69. The number of fused-ring (bicyclic) bond motifs is 1. The number of rotatable bonds is 5. The van der Waals surface area contributed by atoms with E-state index in [-0.39, 0.29) is 16.7 Å². The summed E-state index contributed by atoms with van der Waals surface area (Å²) >= 11 is 0.901. The molecule has 178 valence electrons. The Morgan fingerprint density at radius 1 is 1.00 bits per heavy atom. The fourth-order valence-corrected chi connectivity index (χ4v) is 4.49. The molecule has 0 bridgehead atoms. The molecule has 3 aromatic carbocycles. The highest BCUT2D eigenvalue weighted by Gasteiger charge is 2.38. The summed E-state index contributed by atoms with van der Waals surface area (Å²) in [6, 6.07) is 19.0. The van der Waals surface area contributed by atoms with Crippen molar-refractivity contribution in [2.75, 3.05) is 6.61 Å². The van der Waals surface area contributed by atoms with E-state index in [4.69, 9.17) is 9.47 Å². The molecule has 0 unspecified atom stereocenters. The Bertz CT molecular complexity index is 1400. The van der Waals surface area contributed by atoms with Gasteiger partial charge in [-0.3, -0.25) is 14.7 Å². The minimum Gasteiger partial charge on any atom is -0.485 e. The van der Waals surface area contributed by atoms with Gasteiger partial charge in [-0.2, -0.15) is 13.2 Å². The van der Waals surface area contributed by atoms with Gasteiger partial charge in [-0.05, 0) is 48.2 Å². The zero-order valence-corrected chi connectivity index (χ0v) is 18.5. The fourth-order valence-electron chi connectivity index (χ4n) is 3.59. The Hall–Kier alpha value is -4.06. The van der Waals surface area contributed by atoms with Gasteiger partial charge in [-0.25, -0.2) is 0 Å². The predicted molar refractivity (Wildman–Crippen MR) is 119 cm³/mol. The first kappa shape index (κ1) is 22.7. The van der Waals surface area contributed by atoms with Crippen LogP contribution in [0, 0.1) is 10.1 Å². The number of para-hydroxylation sites is 3. The minimum absolute atomic E-state index is 0.116. The number of aromatic nitrogens is 3. The number of benzene rings is 3. The molecule has 5 rings (SSSR count). The zero-order valence-electron chi connectivity index (χ0n) is 17.7. The zero-order chi connectivity index (χ0) is 24.6. The average molecular weight is 500 g/mol. The third-order valence-electron chi connectivity index (χ3n) is 5.15. The number of hydrogen-bond acceptors (Lipinski definition) is 7. The van der Waals surface area contributed by atoms with E-state index < -0.39 is 28.5 Å². The number of nitrogens with zero attached hydrogens (tertiary/aromatic N) is 4. The lowest BCUT2D eigenvalue weighted by molar-refractivity contribution is -0.388. The molecule has 1 aliphatic rings. The topological polar surface area (TPSA) is 92.3 Å². The first-order valence-electron chi connectivity index (χ1n) is 10.2. The van der Waals surface area contributed by atoms with Gasteiger partial charge in [0.05, 0.1) is 4.92 Å². The predicted octanol–water partition coefficient (Wildman–Crippen LogP) is 5.86. The van der Waals surface area contributed by atoms with Crippen molar-refractivity contribution in [2.45, 2.75) is 22.3 Å². The third kappa shape index (κ3) is 4.52. The van der Waals surface area contributed by atoms with E-state index in [1.807, 2.05) is 12.1 Å². The van der Waals surface area contributed by atoms with Crippen LogP contribution in [-0.4, -0.2) is 26.3 Å². The van der Waals surface area contributed by atoms with E-state index in [2.05, 4.69) is 10.2 Å². The average Bonchev–Trinajstić information content (AvgIpc) is 3.27. The van der Waals surface area contributed by atoms with Gasteiger partial charge in [0.2, 0.25) is 5.16 Å². The van der Waals surface area contributed by atoms with Crippen LogP contribution in [0.4, 0.5) is 18.9 Å². The van der Waals surface area contributed by atoms with E-state index in [0.29, 0.717) is 23.0 Å². The molecule has 0 radical (unpaired) electrons. The molecule has 0 spiro atoms. The molecule has 0 saturated heterocycles. The second-order valence-electron chi connectivity index (χ2n) is 7.41. The van der Waals surface area contributed by atoms with Gasteiger partial charge in [-0.15, -0.1) is 10.2 Å². The minimum atomic E-state index is -4.89. The lowest BCUT2D eigenvalue weighted by Crippen LogP contribution is -2.24. The highest BCUT2D eigenvalue weighted by Crippen LogP contribution is 2.41. The molecule has 1 atom stereocenters. The maximum atomic E-state index is 13.5. The lowest BCUT2D eigenvalue weighted by atomic mass is 10.2. The van der Waals surface area contributed by atoms with E-state index in [1.165, 1.54) is 6.07 Å². The van der Waals surface area contributed by atoms with E-state index >= 15 is 0 Å². The molecule has 1 aromatic heterocycles. The number of halogens is 3. The Morgan fingerprint density at radius 3 is 2.43 bits per heavy atom. The van der Waals surface area contributed by atoms with Crippen LogP contribution < -0.4 is 9.47 Å². The van der Waals surface area contributed by atoms with E-state index in [9.17, 15) is 23.3 Å².